The van der Waals surface area contributed by atoms with Crippen LogP contribution in [0.4, 0.5) is 5.69 Å². The predicted molar refractivity (Wildman–Crippen MR) is 81.1 cm³/mol. The van der Waals surface area contributed by atoms with Gasteiger partial charge in [0, 0.05) is 0 Å². The number of hydrogen-bond acceptors (Lipinski definition) is 3. The Bertz CT molecular complexity index is 552. The second kappa shape index (κ2) is 6.73. The second-order valence-corrected chi connectivity index (χ2v) is 4.78. The van der Waals surface area contributed by atoms with E-state index in [0.717, 1.165) is 11.3 Å². The van der Waals surface area contributed by atoms with Crippen LogP contribution in [0.1, 0.15) is 11.1 Å². The topological polar surface area (TPSA) is 67.1 Å². The standard InChI is InChI=1S/C16H19N3O/c1-12-7-9-14(10-8-12)18-19-16(20)15(17)11-13-5-3-2-4-6-13/h2-10,15,18H,11,17H2,1H3,(H,19,20)/t15-/m0/s1. The van der Waals surface area contributed by atoms with Crippen LogP contribution in [0, 0.1) is 6.92 Å². The average molecular weight is 269 g/mol. The summed E-state index contributed by atoms with van der Waals surface area (Å²) in [5.41, 5.74) is 14.4. The number of nitrogens with one attached hydrogen (secondary N) is 2. The largest absolute Gasteiger partial charge is 0.320 e. The molecule has 1 amide bonds. The molecule has 0 unspecified atom stereocenters. The highest BCUT2D eigenvalue weighted by Crippen LogP contribution is 2.07. The molecule has 0 aromatic heterocycles. The summed E-state index contributed by atoms with van der Waals surface area (Å²) in [6, 6.07) is 16.9. The van der Waals surface area contributed by atoms with Gasteiger partial charge in [-0.2, -0.15) is 0 Å². The van der Waals surface area contributed by atoms with E-state index >= 15 is 0 Å². The van der Waals surface area contributed by atoms with Crippen molar-refractivity contribution in [3.63, 3.8) is 0 Å². The van der Waals surface area contributed by atoms with Crippen LogP contribution in [0.5, 0.6) is 0 Å². The molecule has 1 atom stereocenters. The number of carbonyl (C=O) groups is 1. The lowest BCUT2D eigenvalue weighted by atomic mass is 10.1. The predicted octanol–water partition coefficient (Wildman–Crippen LogP) is 2.01. The van der Waals surface area contributed by atoms with Crippen molar-refractivity contribution in [3.8, 4) is 0 Å². The lowest BCUT2D eigenvalue weighted by molar-refractivity contribution is -0.121. The average Bonchev–Trinajstić information content (AvgIpc) is 2.47. The Morgan fingerprint density at radius 3 is 2.40 bits per heavy atom. The first-order valence-corrected chi connectivity index (χ1v) is 6.57. The number of hydrogen-bond donors (Lipinski definition) is 3. The molecule has 0 radical (unpaired) electrons. The van der Waals surface area contributed by atoms with E-state index in [2.05, 4.69) is 10.9 Å². The molecule has 0 saturated heterocycles. The molecule has 0 heterocycles. The van der Waals surface area contributed by atoms with Crippen LogP contribution in [0.2, 0.25) is 0 Å². The molecule has 20 heavy (non-hydrogen) atoms. The van der Waals surface area contributed by atoms with Crippen molar-refractivity contribution in [3.05, 3.63) is 65.7 Å². The zero-order valence-corrected chi connectivity index (χ0v) is 11.5. The highest BCUT2D eigenvalue weighted by Gasteiger charge is 2.13. The molecular formula is C16H19N3O. The first-order chi connectivity index (χ1) is 9.65. The fourth-order valence-electron chi connectivity index (χ4n) is 1.82. The quantitative estimate of drug-likeness (QED) is 0.727. The van der Waals surface area contributed by atoms with Crippen LogP contribution in [0.3, 0.4) is 0 Å². The Hall–Kier alpha value is -2.33. The van der Waals surface area contributed by atoms with E-state index in [4.69, 9.17) is 5.73 Å². The molecule has 0 aliphatic rings. The molecule has 4 N–H and O–H groups in total. The van der Waals surface area contributed by atoms with Crippen LogP contribution in [0.25, 0.3) is 0 Å². The van der Waals surface area contributed by atoms with E-state index in [1.807, 2.05) is 61.5 Å². The van der Waals surface area contributed by atoms with Crippen molar-refractivity contribution < 1.29 is 4.79 Å². The molecule has 104 valence electrons. The van der Waals surface area contributed by atoms with Gasteiger partial charge in [0.15, 0.2) is 0 Å². The number of benzene rings is 2. The molecule has 0 spiro atoms. The summed E-state index contributed by atoms with van der Waals surface area (Å²) in [6.45, 7) is 2.01. The number of rotatable bonds is 5. The summed E-state index contributed by atoms with van der Waals surface area (Å²) in [4.78, 5) is 11.9. The highest BCUT2D eigenvalue weighted by molar-refractivity contribution is 5.82. The van der Waals surface area contributed by atoms with Gasteiger partial charge in [-0.25, -0.2) is 0 Å². The minimum absolute atomic E-state index is 0.227. The Balaban J connectivity index is 1.83. The van der Waals surface area contributed by atoms with Gasteiger partial charge >= 0.3 is 0 Å². The van der Waals surface area contributed by atoms with E-state index in [0.29, 0.717) is 6.42 Å². The van der Waals surface area contributed by atoms with Crippen LogP contribution < -0.4 is 16.6 Å². The summed E-state index contributed by atoms with van der Waals surface area (Å²) >= 11 is 0. The van der Waals surface area contributed by atoms with Gasteiger partial charge in [0.05, 0.1) is 11.7 Å². The molecular weight excluding hydrogens is 250 g/mol. The SMILES string of the molecule is Cc1ccc(NNC(=O)[C@@H](N)Cc2ccccc2)cc1. The van der Waals surface area contributed by atoms with Gasteiger partial charge in [-0.3, -0.25) is 15.6 Å². The summed E-state index contributed by atoms with van der Waals surface area (Å²) in [7, 11) is 0. The molecule has 4 nitrogen and oxygen atoms in total. The van der Waals surface area contributed by atoms with E-state index in [9.17, 15) is 4.79 Å². The molecule has 4 heteroatoms. The summed E-state index contributed by atoms with van der Waals surface area (Å²) in [5, 5.41) is 0. The summed E-state index contributed by atoms with van der Waals surface area (Å²) < 4.78 is 0. The lowest BCUT2D eigenvalue weighted by Crippen LogP contribution is -2.44. The normalized spacial score (nSPS) is 11.7. The summed E-state index contributed by atoms with van der Waals surface area (Å²) in [6.07, 6.45) is 0.516. The van der Waals surface area contributed by atoms with Crippen LogP contribution >= 0.6 is 0 Å². The zero-order chi connectivity index (χ0) is 14.4. The monoisotopic (exact) mass is 269 g/mol. The van der Waals surface area contributed by atoms with Crippen molar-refractivity contribution in [2.75, 3.05) is 5.43 Å². The molecule has 0 bridgehead atoms. The van der Waals surface area contributed by atoms with E-state index in [1.165, 1.54) is 5.56 Å². The molecule has 2 aromatic carbocycles. The van der Waals surface area contributed by atoms with Gasteiger partial charge < -0.3 is 5.73 Å². The molecule has 0 fully saturated rings. The molecule has 0 saturated carbocycles. The number of amides is 1. The lowest BCUT2D eigenvalue weighted by Gasteiger charge is -2.14. The Morgan fingerprint density at radius 2 is 1.75 bits per heavy atom. The van der Waals surface area contributed by atoms with Crippen LogP contribution in [0.15, 0.2) is 54.6 Å². The molecule has 2 aromatic rings. The number of anilines is 1. The minimum atomic E-state index is -0.574. The van der Waals surface area contributed by atoms with Crippen LogP contribution in [-0.2, 0) is 11.2 Å². The van der Waals surface area contributed by atoms with Gasteiger partial charge in [0.2, 0.25) is 0 Å². The highest BCUT2D eigenvalue weighted by atomic mass is 16.2. The maximum absolute atomic E-state index is 11.9. The third-order valence-electron chi connectivity index (χ3n) is 3.02. The minimum Gasteiger partial charge on any atom is -0.320 e. The summed E-state index contributed by atoms with van der Waals surface area (Å²) in [5.74, 6) is -0.227. The van der Waals surface area contributed by atoms with Crippen molar-refractivity contribution in [1.82, 2.24) is 5.43 Å². The Labute approximate surface area is 119 Å². The first-order valence-electron chi connectivity index (χ1n) is 6.57. The number of carbonyl (C=O) groups excluding carboxylic acids is 1. The molecule has 0 aliphatic carbocycles. The van der Waals surface area contributed by atoms with Gasteiger partial charge in [-0.15, -0.1) is 0 Å². The van der Waals surface area contributed by atoms with Crippen molar-refractivity contribution in [2.45, 2.75) is 19.4 Å². The third-order valence-corrected chi connectivity index (χ3v) is 3.02. The smallest absolute Gasteiger partial charge is 0.255 e. The van der Waals surface area contributed by atoms with Crippen molar-refractivity contribution in [1.29, 1.82) is 0 Å². The Morgan fingerprint density at radius 1 is 1.10 bits per heavy atom. The molecule has 0 aliphatic heterocycles. The second-order valence-electron chi connectivity index (χ2n) is 4.78. The number of hydrazine groups is 1. The fourth-order valence-corrected chi connectivity index (χ4v) is 1.82. The maximum Gasteiger partial charge on any atom is 0.255 e. The zero-order valence-electron chi connectivity index (χ0n) is 11.5. The Kier molecular flexibility index (Phi) is 4.74. The first kappa shape index (κ1) is 14.1. The number of aryl methyl sites for hydroxylation is 1. The van der Waals surface area contributed by atoms with Gasteiger partial charge in [0.1, 0.15) is 0 Å². The van der Waals surface area contributed by atoms with Gasteiger partial charge in [-0.05, 0) is 31.0 Å². The van der Waals surface area contributed by atoms with Crippen molar-refractivity contribution in [2.24, 2.45) is 5.73 Å². The molecule has 2 rings (SSSR count). The van der Waals surface area contributed by atoms with Crippen molar-refractivity contribution >= 4 is 11.6 Å². The fraction of sp³-hybridized carbons (Fsp3) is 0.188. The van der Waals surface area contributed by atoms with Gasteiger partial charge in [0.25, 0.3) is 5.91 Å². The third kappa shape index (κ3) is 4.10. The van der Waals surface area contributed by atoms with E-state index in [-0.39, 0.29) is 5.91 Å². The van der Waals surface area contributed by atoms with E-state index in [1.54, 1.807) is 0 Å². The number of nitrogens with two attached hydrogens (primary N) is 1. The maximum atomic E-state index is 11.9. The van der Waals surface area contributed by atoms with Gasteiger partial charge in [-0.1, -0.05) is 48.0 Å². The van der Waals surface area contributed by atoms with Crippen LogP contribution in [-0.4, -0.2) is 11.9 Å². The van der Waals surface area contributed by atoms with E-state index < -0.39 is 6.04 Å².